The maximum Gasteiger partial charge on any atom is 0.159 e. The van der Waals surface area contributed by atoms with Crippen LogP contribution < -0.4 is 0 Å². The van der Waals surface area contributed by atoms with Crippen molar-refractivity contribution in [2.24, 2.45) is 11.8 Å². The average molecular weight is 372 g/mol. The van der Waals surface area contributed by atoms with E-state index in [2.05, 4.69) is 0 Å². The van der Waals surface area contributed by atoms with Crippen LogP contribution in [0, 0.1) is 23.5 Å². The molecule has 0 spiro atoms. The lowest BCUT2D eigenvalue weighted by Crippen LogP contribution is -2.35. The first kappa shape index (κ1) is 20.0. The highest BCUT2D eigenvalue weighted by molar-refractivity contribution is 7.92. The van der Waals surface area contributed by atoms with E-state index in [0.29, 0.717) is 31.2 Å². The predicted octanol–water partition coefficient (Wildman–Crippen LogP) is 4.10. The molecule has 1 fully saturated rings. The van der Waals surface area contributed by atoms with Crippen molar-refractivity contribution in [3.8, 4) is 0 Å². The van der Waals surface area contributed by atoms with Gasteiger partial charge in [-0.3, -0.25) is 4.79 Å². The summed E-state index contributed by atoms with van der Waals surface area (Å²) >= 11 is 0. The highest BCUT2D eigenvalue weighted by Crippen LogP contribution is 2.33. The number of rotatable bonds is 5. The minimum Gasteiger partial charge on any atom is -0.299 e. The predicted molar refractivity (Wildman–Crippen MR) is 94.1 cm³/mol. The number of halogens is 2. The minimum absolute atomic E-state index is 0.0168. The molecule has 0 bridgehead atoms. The lowest BCUT2D eigenvalue weighted by molar-refractivity contribution is -0.123. The summed E-state index contributed by atoms with van der Waals surface area (Å²) in [6, 6.07) is 3.53. The van der Waals surface area contributed by atoms with E-state index in [-0.39, 0.29) is 29.8 Å². The van der Waals surface area contributed by atoms with Gasteiger partial charge >= 0.3 is 0 Å². The molecule has 1 aliphatic carbocycles. The molecular formula is C19H26F2O3S. The Hall–Kier alpha value is -1.30. The number of hydrogen-bond acceptors (Lipinski definition) is 3. The number of ketones is 1. The van der Waals surface area contributed by atoms with Gasteiger partial charge in [-0.1, -0.05) is 6.07 Å². The van der Waals surface area contributed by atoms with Crippen molar-refractivity contribution in [2.75, 3.05) is 5.75 Å². The van der Waals surface area contributed by atoms with Crippen molar-refractivity contribution in [2.45, 2.75) is 57.6 Å². The summed E-state index contributed by atoms with van der Waals surface area (Å²) < 4.78 is 50.0. The van der Waals surface area contributed by atoms with Gasteiger partial charge in [0.25, 0.3) is 0 Å². The summed E-state index contributed by atoms with van der Waals surface area (Å²) in [6.45, 7) is 5.12. The van der Waals surface area contributed by atoms with E-state index in [1.165, 1.54) is 6.07 Å². The summed E-state index contributed by atoms with van der Waals surface area (Å²) in [5.41, 5.74) is 0.473. The fourth-order valence-corrected chi connectivity index (χ4v) is 4.66. The first-order valence-electron chi connectivity index (χ1n) is 8.68. The Balaban J connectivity index is 1.89. The van der Waals surface area contributed by atoms with Gasteiger partial charge in [-0.25, -0.2) is 17.2 Å². The number of sulfone groups is 1. The third-order valence-electron chi connectivity index (χ3n) is 5.05. The van der Waals surface area contributed by atoms with Crippen molar-refractivity contribution in [1.29, 1.82) is 0 Å². The van der Waals surface area contributed by atoms with Gasteiger partial charge in [-0.05, 0) is 70.1 Å². The zero-order valence-corrected chi connectivity index (χ0v) is 15.8. The van der Waals surface area contributed by atoms with Gasteiger partial charge in [-0.2, -0.15) is 0 Å². The molecule has 1 aromatic rings. The summed E-state index contributed by atoms with van der Waals surface area (Å²) in [7, 11) is -3.15. The zero-order valence-electron chi connectivity index (χ0n) is 15.0. The standard InChI is InChI=1S/C19H26F2O3S/c1-19(2,3)25(23,24)12-13-4-7-15(8-5-13)18(22)11-14-6-9-16(20)17(21)10-14/h6,9-10,13,15H,4-5,7-8,11-12H2,1-3H3. The molecule has 25 heavy (non-hydrogen) atoms. The highest BCUT2D eigenvalue weighted by Gasteiger charge is 2.34. The molecule has 0 heterocycles. The first-order chi connectivity index (χ1) is 11.5. The Morgan fingerprint density at radius 3 is 2.20 bits per heavy atom. The Morgan fingerprint density at radius 2 is 1.68 bits per heavy atom. The molecular weight excluding hydrogens is 346 g/mol. The molecule has 0 amide bonds. The molecule has 0 atom stereocenters. The SMILES string of the molecule is CC(C)(C)S(=O)(=O)CC1CCC(C(=O)Cc2ccc(F)c(F)c2)CC1. The van der Waals surface area contributed by atoms with Crippen molar-refractivity contribution in [3.63, 3.8) is 0 Å². The van der Waals surface area contributed by atoms with E-state index in [1.807, 2.05) is 0 Å². The van der Waals surface area contributed by atoms with Crippen LogP contribution in [0.3, 0.4) is 0 Å². The van der Waals surface area contributed by atoms with Crippen molar-refractivity contribution in [3.05, 3.63) is 35.4 Å². The molecule has 1 aliphatic rings. The molecule has 0 unspecified atom stereocenters. The van der Waals surface area contributed by atoms with E-state index in [9.17, 15) is 22.0 Å². The van der Waals surface area contributed by atoms with Crippen molar-refractivity contribution in [1.82, 2.24) is 0 Å². The third kappa shape index (κ3) is 5.09. The molecule has 1 aromatic carbocycles. The van der Waals surface area contributed by atoms with E-state index >= 15 is 0 Å². The van der Waals surface area contributed by atoms with Crippen LogP contribution >= 0.6 is 0 Å². The second-order valence-electron chi connectivity index (χ2n) is 8.00. The van der Waals surface area contributed by atoms with Gasteiger partial charge in [0, 0.05) is 12.3 Å². The summed E-state index contributed by atoms with van der Waals surface area (Å²) in [6.07, 6.45) is 2.83. The van der Waals surface area contributed by atoms with Gasteiger partial charge in [0.2, 0.25) is 0 Å². The average Bonchev–Trinajstić information content (AvgIpc) is 2.50. The molecule has 2 rings (SSSR count). The largest absolute Gasteiger partial charge is 0.299 e. The van der Waals surface area contributed by atoms with Crippen LogP contribution in [0.2, 0.25) is 0 Å². The Kier molecular flexibility index (Phi) is 6.02. The fraction of sp³-hybridized carbons (Fsp3) is 0.632. The molecule has 0 aromatic heterocycles. The molecule has 6 heteroatoms. The van der Waals surface area contributed by atoms with Gasteiger partial charge in [0.15, 0.2) is 21.5 Å². The van der Waals surface area contributed by atoms with Crippen LogP contribution in [0.5, 0.6) is 0 Å². The first-order valence-corrected chi connectivity index (χ1v) is 10.3. The van der Waals surface area contributed by atoms with Crippen molar-refractivity contribution < 1.29 is 22.0 Å². The minimum atomic E-state index is -3.15. The van der Waals surface area contributed by atoms with Crippen LogP contribution in [-0.2, 0) is 21.1 Å². The Bertz CT molecular complexity index is 728. The quantitative estimate of drug-likeness (QED) is 0.782. The number of Topliss-reactive ketones (excluding diaryl/α,β-unsaturated/α-hetero) is 1. The van der Waals surface area contributed by atoms with Gasteiger partial charge in [0.1, 0.15) is 5.78 Å². The van der Waals surface area contributed by atoms with E-state index < -0.39 is 26.2 Å². The van der Waals surface area contributed by atoms with Crippen LogP contribution in [0.4, 0.5) is 8.78 Å². The number of carbonyl (C=O) groups excluding carboxylic acids is 1. The second kappa shape index (κ2) is 7.52. The monoisotopic (exact) mass is 372 g/mol. The Labute approximate surface area is 148 Å². The lowest BCUT2D eigenvalue weighted by Gasteiger charge is -2.30. The molecule has 0 saturated heterocycles. The smallest absolute Gasteiger partial charge is 0.159 e. The normalized spacial score (nSPS) is 22.0. The molecule has 1 saturated carbocycles. The molecule has 0 aliphatic heterocycles. The number of carbonyl (C=O) groups is 1. The van der Waals surface area contributed by atoms with Crippen LogP contribution in [0.15, 0.2) is 18.2 Å². The van der Waals surface area contributed by atoms with Crippen LogP contribution in [0.25, 0.3) is 0 Å². The molecule has 0 N–H and O–H groups in total. The van der Waals surface area contributed by atoms with Gasteiger partial charge in [0.05, 0.1) is 10.5 Å². The van der Waals surface area contributed by atoms with E-state index in [4.69, 9.17) is 0 Å². The zero-order chi connectivity index (χ0) is 18.8. The Morgan fingerprint density at radius 1 is 1.08 bits per heavy atom. The molecule has 3 nitrogen and oxygen atoms in total. The maximum absolute atomic E-state index is 13.2. The van der Waals surface area contributed by atoms with E-state index in [0.717, 1.165) is 12.1 Å². The fourth-order valence-electron chi connectivity index (χ4n) is 3.21. The second-order valence-corrected chi connectivity index (χ2v) is 10.8. The lowest BCUT2D eigenvalue weighted by atomic mass is 9.79. The van der Waals surface area contributed by atoms with Crippen molar-refractivity contribution >= 4 is 15.6 Å². The molecule has 0 radical (unpaired) electrons. The number of benzene rings is 1. The number of hydrogen-bond donors (Lipinski definition) is 0. The summed E-state index contributed by atoms with van der Waals surface area (Å²) in [4.78, 5) is 12.4. The third-order valence-corrected chi connectivity index (χ3v) is 7.83. The summed E-state index contributed by atoms with van der Waals surface area (Å²) in [5, 5.41) is 0. The van der Waals surface area contributed by atoms with Gasteiger partial charge < -0.3 is 0 Å². The van der Waals surface area contributed by atoms with Crippen LogP contribution in [0.1, 0.15) is 52.0 Å². The highest BCUT2D eigenvalue weighted by atomic mass is 32.2. The summed E-state index contributed by atoms with van der Waals surface area (Å²) in [5.74, 6) is -1.71. The maximum atomic E-state index is 13.2. The van der Waals surface area contributed by atoms with E-state index in [1.54, 1.807) is 20.8 Å². The van der Waals surface area contributed by atoms with Crippen LogP contribution in [-0.4, -0.2) is 24.7 Å². The van der Waals surface area contributed by atoms with Gasteiger partial charge in [-0.15, -0.1) is 0 Å². The molecule has 140 valence electrons. The topological polar surface area (TPSA) is 51.2 Å².